The number of likely N-dealkylation sites (tertiary alicyclic amines) is 2. The number of carbonyl (C=O) groups excluding carboxylic acids is 1. The highest BCUT2D eigenvalue weighted by Crippen LogP contribution is 2.43. The number of benzene rings is 1. The van der Waals surface area contributed by atoms with E-state index < -0.39 is 23.2 Å². The number of hydrogen-bond donors (Lipinski definition) is 1. The van der Waals surface area contributed by atoms with Gasteiger partial charge < -0.3 is 10.0 Å². The van der Waals surface area contributed by atoms with Crippen LogP contribution in [0.5, 0.6) is 0 Å². The number of rotatable bonds is 3. The van der Waals surface area contributed by atoms with Crippen LogP contribution in [0.4, 0.5) is 8.78 Å². The van der Waals surface area contributed by atoms with Crippen molar-refractivity contribution in [1.82, 2.24) is 19.8 Å². The molecule has 0 bridgehead atoms. The molecule has 3 heterocycles. The van der Waals surface area contributed by atoms with Crippen LogP contribution in [-0.2, 0) is 10.4 Å². The van der Waals surface area contributed by atoms with Gasteiger partial charge in [-0.15, -0.1) is 12.4 Å². The Balaban J connectivity index is 0.00000342. The summed E-state index contributed by atoms with van der Waals surface area (Å²) in [6, 6.07) is 3.62. The molecule has 5 atom stereocenters. The standard InChI is InChI=1S/C26H34F2N4O2.ClH/c1-16-11-31(12-17(2)26(16,34)18-9-29-15-30-10-18)24(33)22-14-32(25(3,4)5)13-21(22)20-7-6-19(27)8-23(20)28;/h6-10,15-17,21-22,34H,11-14H2,1-5H3;1H/t16-,17+,21-,22+,26?;/m0./s1. The number of nitrogens with zero attached hydrogens (tertiary/aromatic N) is 4. The smallest absolute Gasteiger partial charge is 0.227 e. The number of aromatic nitrogens is 2. The first-order valence-electron chi connectivity index (χ1n) is 11.9. The SMILES string of the molecule is C[C@@H]1CN(C(=O)[C@@H]2CN(C(C)(C)C)C[C@H]2c2ccc(F)cc2F)C[C@H](C)C1(O)c1cncnc1.Cl. The first-order valence-corrected chi connectivity index (χ1v) is 11.9. The lowest BCUT2D eigenvalue weighted by Crippen LogP contribution is -2.57. The molecule has 0 spiro atoms. The highest BCUT2D eigenvalue weighted by atomic mass is 35.5. The van der Waals surface area contributed by atoms with Crippen LogP contribution >= 0.6 is 12.4 Å². The molecule has 2 fully saturated rings. The van der Waals surface area contributed by atoms with Gasteiger partial charge in [-0.2, -0.15) is 0 Å². The van der Waals surface area contributed by atoms with Crippen LogP contribution in [0.1, 0.15) is 51.7 Å². The van der Waals surface area contributed by atoms with Crippen molar-refractivity contribution < 1.29 is 18.7 Å². The molecule has 0 saturated carbocycles. The molecule has 2 aliphatic heterocycles. The van der Waals surface area contributed by atoms with Gasteiger partial charge in [0.2, 0.25) is 5.91 Å². The normalized spacial score (nSPS) is 29.7. The van der Waals surface area contributed by atoms with E-state index in [2.05, 4.69) is 35.6 Å². The fourth-order valence-corrected chi connectivity index (χ4v) is 5.71. The number of piperidine rings is 1. The van der Waals surface area contributed by atoms with Crippen molar-refractivity contribution >= 4 is 18.3 Å². The average molecular weight is 509 g/mol. The molecule has 1 aromatic heterocycles. The van der Waals surface area contributed by atoms with Crippen LogP contribution in [0, 0.1) is 29.4 Å². The zero-order chi connectivity index (χ0) is 24.8. The van der Waals surface area contributed by atoms with E-state index in [-0.39, 0.29) is 41.6 Å². The molecule has 6 nitrogen and oxygen atoms in total. The summed E-state index contributed by atoms with van der Waals surface area (Å²) in [5.41, 5.74) is -0.316. The summed E-state index contributed by atoms with van der Waals surface area (Å²) < 4.78 is 28.4. The van der Waals surface area contributed by atoms with Crippen molar-refractivity contribution in [2.24, 2.45) is 17.8 Å². The van der Waals surface area contributed by atoms with Crippen LogP contribution in [-0.4, -0.2) is 62.5 Å². The summed E-state index contributed by atoms with van der Waals surface area (Å²) in [6.07, 6.45) is 4.68. The molecular weight excluding hydrogens is 474 g/mol. The van der Waals surface area contributed by atoms with Crippen LogP contribution in [0.25, 0.3) is 0 Å². The Hall–Kier alpha value is -2.16. The molecule has 35 heavy (non-hydrogen) atoms. The van der Waals surface area contributed by atoms with E-state index in [1.165, 1.54) is 18.5 Å². The lowest BCUT2D eigenvalue weighted by molar-refractivity contribution is -0.152. The van der Waals surface area contributed by atoms with Gasteiger partial charge >= 0.3 is 0 Å². The second-order valence-corrected chi connectivity index (χ2v) is 11.0. The van der Waals surface area contributed by atoms with Crippen molar-refractivity contribution in [2.75, 3.05) is 26.2 Å². The Bertz CT molecular complexity index is 1040. The lowest BCUT2D eigenvalue weighted by atomic mass is 9.71. The summed E-state index contributed by atoms with van der Waals surface area (Å²) >= 11 is 0. The minimum atomic E-state index is -1.15. The van der Waals surface area contributed by atoms with E-state index in [4.69, 9.17) is 0 Å². The average Bonchev–Trinajstić information content (AvgIpc) is 3.23. The molecule has 192 valence electrons. The minimum absolute atomic E-state index is 0. The van der Waals surface area contributed by atoms with Crippen LogP contribution in [0.2, 0.25) is 0 Å². The predicted molar refractivity (Wildman–Crippen MR) is 132 cm³/mol. The zero-order valence-electron chi connectivity index (χ0n) is 20.9. The summed E-state index contributed by atoms with van der Waals surface area (Å²) in [7, 11) is 0. The molecule has 2 aliphatic rings. The van der Waals surface area contributed by atoms with E-state index in [0.29, 0.717) is 37.3 Å². The van der Waals surface area contributed by atoms with Crippen LogP contribution in [0.3, 0.4) is 0 Å². The third kappa shape index (κ3) is 5.06. The van der Waals surface area contributed by atoms with Crippen LogP contribution < -0.4 is 0 Å². The van der Waals surface area contributed by atoms with Gasteiger partial charge in [0, 0.05) is 73.5 Å². The number of hydrogen-bond acceptors (Lipinski definition) is 5. The van der Waals surface area contributed by atoms with Crippen molar-refractivity contribution in [3.05, 3.63) is 59.7 Å². The molecule has 1 N–H and O–H groups in total. The van der Waals surface area contributed by atoms with Gasteiger partial charge in [-0.25, -0.2) is 18.7 Å². The fraction of sp³-hybridized carbons (Fsp3) is 0.577. The van der Waals surface area contributed by atoms with Gasteiger partial charge in [0.05, 0.1) is 5.92 Å². The monoisotopic (exact) mass is 508 g/mol. The molecule has 4 rings (SSSR count). The van der Waals surface area contributed by atoms with Gasteiger partial charge in [0.1, 0.15) is 23.6 Å². The molecule has 1 aromatic carbocycles. The summed E-state index contributed by atoms with van der Waals surface area (Å²) in [4.78, 5) is 26.0. The maximum absolute atomic E-state index is 14.8. The Kier molecular flexibility index (Phi) is 7.89. The molecular formula is C26H35ClF2N4O2. The highest BCUT2D eigenvalue weighted by Gasteiger charge is 2.50. The molecule has 2 saturated heterocycles. The van der Waals surface area contributed by atoms with E-state index in [9.17, 15) is 18.7 Å². The summed E-state index contributed by atoms with van der Waals surface area (Å²) in [5.74, 6) is -2.61. The van der Waals surface area contributed by atoms with Gasteiger partial charge in [-0.05, 0) is 32.4 Å². The first kappa shape index (κ1) is 27.4. The van der Waals surface area contributed by atoms with Gasteiger partial charge in [0.15, 0.2) is 0 Å². The third-order valence-corrected chi connectivity index (χ3v) is 7.77. The van der Waals surface area contributed by atoms with Crippen molar-refractivity contribution in [3.63, 3.8) is 0 Å². The Labute approximate surface area is 212 Å². The largest absolute Gasteiger partial charge is 0.384 e. The molecule has 1 amide bonds. The Morgan fingerprint density at radius 2 is 1.66 bits per heavy atom. The molecule has 9 heteroatoms. The van der Waals surface area contributed by atoms with Crippen LogP contribution in [0.15, 0.2) is 36.9 Å². The molecule has 1 unspecified atom stereocenters. The second-order valence-electron chi connectivity index (χ2n) is 11.0. The number of aliphatic hydroxyl groups is 1. The third-order valence-electron chi connectivity index (χ3n) is 7.77. The van der Waals surface area contributed by atoms with Gasteiger partial charge in [-0.1, -0.05) is 19.9 Å². The van der Waals surface area contributed by atoms with E-state index in [1.807, 2.05) is 13.8 Å². The number of halogens is 3. The van der Waals surface area contributed by atoms with Crippen molar-refractivity contribution in [1.29, 1.82) is 0 Å². The van der Waals surface area contributed by atoms with Gasteiger partial charge in [0.25, 0.3) is 0 Å². The topological polar surface area (TPSA) is 69.6 Å². The lowest BCUT2D eigenvalue weighted by Gasteiger charge is -2.48. The second kappa shape index (κ2) is 10.1. The number of carbonyl (C=O) groups is 1. The van der Waals surface area contributed by atoms with E-state index in [1.54, 1.807) is 17.3 Å². The minimum Gasteiger partial charge on any atom is -0.384 e. The zero-order valence-corrected chi connectivity index (χ0v) is 21.7. The first-order chi connectivity index (χ1) is 15.9. The summed E-state index contributed by atoms with van der Waals surface area (Å²) in [5, 5.41) is 11.6. The maximum Gasteiger partial charge on any atom is 0.227 e. The Morgan fingerprint density at radius 1 is 1.06 bits per heavy atom. The molecule has 0 radical (unpaired) electrons. The maximum atomic E-state index is 14.8. The highest BCUT2D eigenvalue weighted by molar-refractivity contribution is 5.85. The quantitative estimate of drug-likeness (QED) is 0.679. The summed E-state index contributed by atoms with van der Waals surface area (Å²) in [6.45, 7) is 11.8. The van der Waals surface area contributed by atoms with E-state index >= 15 is 0 Å². The van der Waals surface area contributed by atoms with Crippen molar-refractivity contribution in [2.45, 2.75) is 51.7 Å². The van der Waals surface area contributed by atoms with Crippen molar-refractivity contribution in [3.8, 4) is 0 Å². The number of amides is 1. The van der Waals surface area contributed by atoms with Gasteiger partial charge in [-0.3, -0.25) is 9.69 Å². The fourth-order valence-electron chi connectivity index (χ4n) is 5.71. The molecule has 2 aromatic rings. The molecule has 0 aliphatic carbocycles. The van der Waals surface area contributed by atoms with E-state index in [0.717, 1.165) is 6.07 Å². The Morgan fingerprint density at radius 3 is 2.20 bits per heavy atom. The predicted octanol–water partition coefficient (Wildman–Crippen LogP) is 3.99.